The van der Waals surface area contributed by atoms with Crippen LogP contribution in [0.3, 0.4) is 0 Å². The van der Waals surface area contributed by atoms with Crippen LogP contribution in [0.2, 0.25) is 0 Å². The maximum Gasteiger partial charge on any atom is 0.104 e. The predicted molar refractivity (Wildman–Crippen MR) is 289 cm³/mol. The van der Waals surface area contributed by atoms with Gasteiger partial charge in [0.05, 0.1) is 0 Å². The Bertz CT molecular complexity index is 3160. The molecular weight excluding hydrogens is 1270 g/mol. The normalized spacial score (nSPS) is 13.3. The molecule has 9 aromatic rings. The molecule has 12 heteroatoms. The molecule has 0 N–H and O–H groups in total. The molecule has 12 rings (SSSR count). The number of nitrogens with zero attached hydrogens (tertiary/aromatic N) is 9. The van der Waals surface area contributed by atoms with Crippen molar-refractivity contribution in [3.05, 3.63) is 244 Å². The zero-order valence-electron chi connectivity index (χ0n) is 41.0. The van der Waals surface area contributed by atoms with Gasteiger partial charge in [0, 0.05) is 93.0 Å². The Morgan fingerprint density at radius 1 is 0.459 bits per heavy atom. The minimum atomic E-state index is -0.113. The Labute approximate surface area is 463 Å². The number of hydrogen-bond donors (Lipinski definition) is 0. The van der Waals surface area contributed by atoms with Crippen molar-refractivity contribution < 1.29 is 45.9 Å². The molecule has 10 nitrogen and oxygen atoms in total. The first-order valence-electron chi connectivity index (χ1n) is 24.2. The van der Waals surface area contributed by atoms with Crippen molar-refractivity contribution >= 4 is 57.0 Å². The van der Waals surface area contributed by atoms with Gasteiger partial charge in [-0.05, 0) is 92.3 Å². The van der Waals surface area contributed by atoms with Gasteiger partial charge in [-0.25, -0.2) is 11.1 Å². The SMILES string of the molecule is CC(C)(C)c1cc(Oc2[c-]c(-c3[c-]cccn3)ncc2)[c-]c(N2[CH-]N(c3ccccn3)c3ccccc32)c1.[Ir].[Pt].[c-]1ccccc1N1[CH-]N(CCCCN2[CH-]N(c3[c-]cccc3)c3ccccc32)c2ccccc21. The average Bonchev–Trinajstić information content (AvgIpc) is 4.13. The summed E-state index contributed by atoms with van der Waals surface area (Å²) in [5, 5.41) is 0. The molecular formula is C62H51IrN9OPt-8. The zero-order chi connectivity index (χ0) is 48.9. The first-order chi connectivity index (χ1) is 35.3. The van der Waals surface area contributed by atoms with E-state index in [0.29, 0.717) is 22.9 Å². The predicted octanol–water partition coefficient (Wildman–Crippen LogP) is 14.4. The first kappa shape index (κ1) is 51.6. The Morgan fingerprint density at radius 2 is 0.973 bits per heavy atom. The summed E-state index contributed by atoms with van der Waals surface area (Å²) in [5.41, 5.74) is 12.2. The molecule has 0 atom stereocenters. The number of pyridine rings is 3. The number of anilines is 10. The van der Waals surface area contributed by atoms with Gasteiger partial charge in [-0.1, -0.05) is 63.2 Å². The van der Waals surface area contributed by atoms with Crippen LogP contribution in [0, 0.1) is 50.3 Å². The van der Waals surface area contributed by atoms with Crippen molar-refractivity contribution in [3.8, 4) is 22.9 Å². The fraction of sp³-hybridized carbons (Fsp3) is 0.129. The molecule has 0 aliphatic carbocycles. The van der Waals surface area contributed by atoms with E-state index in [1.807, 2.05) is 73.4 Å². The number of benzene rings is 6. The van der Waals surface area contributed by atoms with Crippen LogP contribution in [0.15, 0.2) is 188 Å². The van der Waals surface area contributed by atoms with Crippen molar-refractivity contribution in [2.45, 2.75) is 39.0 Å². The maximum absolute atomic E-state index is 6.32. The topological polar surface area (TPSA) is 67.3 Å². The summed E-state index contributed by atoms with van der Waals surface area (Å²) in [5.74, 6) is 1.97. The summed E-state index contributed by atoms with van der Waals surface area (Å²) >= 11 is 0. The van der Waals surface area contributed by atoms with E-state index in [4.69, 9.17) is 4.74 Å². The van der Waals surface area contributed by atoms with Crippen LogP contribution in [-0.4, -0.2) is 28.0 Å². The average molecular weight is 1330 g/mol. The Balaban J connectivity index is 0.000000178. The summed E-state index contributed by atoms with van der Waals surface area (Å²) in [6.07, 6.45) is 7.39. The van der Waals surface area contributed by atoms with Crippen LogP contribution in [0.1, 0.15) is 39.2 Å². The van der Waals surface area contributed by atoms with Crippen LogP contribution in [-0.2, 0) is 46.6 Å². The number of rotatable bonds is 12. The summed E-state index contributed by atoms with van der Waals surface area (Å²) in [4.78, 5) is 26.7. The number of unbranched alkanes of at least 4 members (excludes halogenated alkanes) is 1. The third kappa shape index (κ3) is 11.3. The molecule has 0 saturated carbocycles. The summed E-state index contributed by atoms with van der Waals surface area (Å²) < 4.78 is 6.32. The Morgan fingerprint density at radius 3 is 1.51 bits per heavy atom. The maximum atomic E-state index is 6.32. The molecule has 0 amide bonds. The van der Waals surface area contributed by atoms with Crippen LogP contribution >= 0.6 is 0 Å². The fourth-order valence-corrected chi connectivity index (χ4v) is 8.97. The standard InChI is InChI=1S/C32H25N5O.C30H26N4.Ir.Pt/c1-32(2,3)23-18-24(36-22-37(31-13-7-9-16-35-31)30-12-5-4-11-29(30)36)20-26(19-23)38-25-14-17-34-28(21-25)27-10-6-8-15-33-27;1-3-13-25(14-4-1)33-23-31(27-17-7-9-19-29(27)33)21-11-12-22-32-24-34(26-15-5-2-6-16-26)30-20-10-8-18-28(30)32;;/h4-9,11-19,22H,1-3H3;1-10,13,15,17-20,23-24H,11-12,21-22H2;;/q2*-4;;. The number of aromatic nitrogens is 3. The van der Waals surface area contributed by atoms with E-state index in [0.717, 1.165) is 65.7 Å². The van der Waals surface area contributed by atoms with Gasteiger partial charge in [0.15, 0.2) is 0 Å². The molecule has 3 aromatic heterocycles. The van der Waals surface area contributed by atoms with Crippen LogP contribution in [0.25, 0.3) is 11.4 Å². The quantitative estimate of drug-likeness (QED) is 0.0873. The van der Waals surface area contributed by atoms with Gasteiger partial charge in [0.1, 0.15) is 5.82 Å². The second-order valence-electron chi connectivity index (χ2n) is 18.5. The van der Waals surface area contributed by atoms with Crippen LogP contribution < -0.4 is 34.1 Å². The van der Waals surface area contributed by atoms with Crippen molar-refractivity contribution in [2.24, 2.45) is 0 Å². The second kappa shape index (κ2) is 23.3. The van der Waals surface area contributed by atoms with Gasteiger partial charge in [-0.3, -0.25) is 0 Å². The van der Waals surface area contributed by atoms with Crippen molar-refractivity contribution in [2.75, 3.05) is 42.5 Å². The van der Waals surface area contributed by atoms with Crippen molar-refractivity contribution in [3.63, 3.8) is 0 Å². The molecule has 6 aromatic carbocycles. The van der Waals surface area contributed by atoms with Gasteiger partial charge < -0.3 is 44.1 Å². The van der Waals surface area contributed by atoms with Gasteiger partial charge >= 0.3 is 0 Å². The Kier molecular flexibility index (Phi) is 16.2. The minimum Gasteiger partial charge on any atom is -0.510 e. The van der Waals surface area contributed by atoms with Crippen LogP contribution in [0.4, 0.5) is 57.0 Å². The number of fused-ring (bicyclic) bond motifs is 3. The van der Waals surface area contributed by atoms with Crippen molar-refractivity contribution in [1.82, 2.24) is 15.0 Å². The molecule has 0 unspecified atom stereocenters. The third-order valence-electron chi connectivity index (χ3n) is 12.6. The molecule has 3 aliphatic heterocycles. The van der Waals surface area contributed by atoms with E-state index in [2.05, 4.69) is 200 Å². The second-order valence-corrected chi connectivity index (χ2v) is 18.5. The van der Waals surface area contributed by atoms with Gasteiger partial charge in [0.25, 0.3) is 0 Å². The van der Waals surface area contributed by atoms with E-state index in [9.17, 15) is 0 Å². The minimum absolute atomic E-state index is 0. The molecule has 6 heterocycles. The summed E-state index contributed by atoms with van der Waals surface area (Å²) in [7, 11) is 0. The van der Waals surface area contributed by atoms with Crippen molar-refractivity contribution in [1.29, 1.82) is 0 Å². The van der Waals surface area contributed by atoms with E-state index in [1.54, 1.807) is 30.7 Å². The molecule has 377 valence electrons. The molecule has 3 aliphatic rings. The monoisotopic (exact) mass is 1330 g/mol. The van der Waals surface area contributed by atoms with E-state index in [-0.39, 0.29) is 46.6 Å². The number of ether oxygens (including phenoxy) is 1. The fourth-order valence-electron chi connectivity index (χ4n) is 8.97. The molecule has 0 spiro atoms. The van der Waals surface area contributed by atoms with E-state index in [1.165, 1.54) is 22.7 Å². The van der Waals surface area contributed by atoms with E-state index < -0.39 is 0 Å². The van der Waals surface area contributed by atoms with Gasteiger partial charge in [0.2, 0.25) is 0 Å². The largest absolute Gasteiger partial charge is 0.510 e. The summed E-state index contributed by atoms with van der Waals surface area (Å²) in [6, 6.07) is 73.7. The molecule has 1 radical (unpaired) electrons. The Hall–Kier alpha value is -7.29. The molecule has 0 saturated heterocycles. The smallest absolute Gasteiger partial charge is 0.104 e. The number of hydrogen-bond acceptors (Lipinski definition) is 10. The molecule has 74 heavy (non-hydrogen) atoms. The van der Waals surface area contributed by atoms with Crippen LogP contribution in [0.5, 0.6) is 11.5 Å². The molecule has 0 bridgehead atoms. The third-order valence-corrected chi connectivity index (χ3v) is 12.6. The summed E-state index contributed by atoms with van der Waals surface area (Å²) in [6.45, 7) is 15.0. The molecule has 0 fully saturated rings. The van der Waals surface area contributed by atoms with Gasteiger partial charge in [-0.2, -0.15) is 86.1 Å². The van der Waals surface area contributed by atoms with Gasteiger partial charge in [-0.15, -0.1) is 71.0 Å². The first-order valence-corrected chi connectivity index (χ1v) is 24.2. The zero-order valence-corrected chi connectivity index (χ0v) is 45.7. The number of para-hydroxylation sites is 8. The van der Waals surface area contributed by atoms with E-state index >= 15 is 0 Å².